The van der Waals surface area contributed by atoms with Crippen LogP contribution in [0, 0.1) is 5.92 Å². The molecule has 0 spiro atoms. The molecule has 0 bridgehead atoms. The number of rotatable bonds is 9. The number of thioether (sulfide) groups is 1. The van der Waals surface area contributed by atoms with E-state index in [0.717, 1.165) is 0 Å². The van der Waals surface area contributed by atoms with Crippen molar-refractivity contribution in [1.29, 1.82) is 0 Å². The second-order valence-electron chi connectivity index (χ2n) is 7.01. The summed E-state index contributed by atoms with van der Waals surface area (Å²) in [6.07, 6.45) is -3.26. The molecule has 11 heteroatoms. The lowest BCUT2D eigenvalue weighted by atomic mass is 10.2. The molecule has 0 saturated carbocycles. The van der Waals surface area contributed by atoms with Crippen LogP contribution in [0.15, 0.2) is 52.2 Å². The fourth-order valence-electron chi connectivity index (χ4n) is 2.76. The molecular weight excluding hydrogens is 433 g/mol. The van der Waals surface area contributed by atoms with Crippen LogP contribution in [0.1, 0.15) is 19.4 Å². The molecule has 0 saturated heterocycles. The molecule has 0 aliphatic heterocycles. The highest BCUT2D eigenvalue weighted by Crippen LogP contribution is 2.27. The van der Waals surface area contributed by atoms with Gasteiger partial charge < -0.3 is 14.5 Å². The molecular formula is C20H21F3N4O3S. The third kappa shape index (κ3) is 6.51. The fraction of sp³-hybridized carbons (Fsp3) is 0.350. The van der Waals surface area contributed by atoms with E-state index in [2.05, 4.69) is 20.3 Å². The number of nitrogens with one attached hydrogen (secondary N) is 1. The van der Waals surface area contributed by atoms with E-state index in [0.29, 0.717) is 29.2 Å². The SMILES string of the molecule is CC(C)Cn1c(SCC(=O)NCc2ccccc2OC(F)(F)F)nnc1-c1ccco1. The van der Waals surface area contributed by atoms with Crippen molar-refractivity contribution in [3.63, 3.8) is 0 Å². The van der Waals surface area contributed by atoms with Crippen LogP contribution in [0.4, 0.5) is 13.2 Å². The van der Waals surface area contributed by atoms with Crippen LogP contribution >= 0.6 is 11.8 Å². The smallest absolute Gasteiger partial charge is 0.461 e. The number of para-hydroxylation sites is 1. The summed E-state index contributed by atoms with van der Waals surface area (Å²) in [5.74, 6) is 0.776. The van der Waals surface area contributed by atoms with Crippen molar-refractivity contribution in [2.24, 2.45) is 5.92 Å². The normalized spacial score (nSPS) is 11.7. The monoisotopic (exact) mass is 454 g/mol. The van der Waals surface area contributed by atoms with Gasteiger partial charge in [-0.1, -0.05) is 43.8 Å². The Bertz CT molecular complexity index is 1000. The van der Waals surface area contributed by atoms with Crippen LogP contribution in [0.3, 0.4) is 0 Å². The predicted molar refractivity (Wildman–Crippen MR) is 108 cm³/mol. The molecule has 1 N–H and O–H groups in total. The molecule has 0 atom stereocenters. The summed E-state index contributed by atoms with van der Waals surface area (Å²) in [6, 6.07) is 9.20. The molecule has 1 amide bonds. The van der Waals surface area contributed by atoms with Crippen LogP contribution in [-0.4, -0.2) is 32.8 Å². The lowest BCUT2D eigenvalue weighted by molar-refractivity contribution is -0.274. The highest BCUT2D eigenvalue weighted by atomic mass is 32.2. The van der Waals surface area contributed by atoms with Gasteiger partial charge in [0.05, 0.1) is 12.0 Å². The summed E-state index contributed by atoms with van der Waals surface area (Å²) in [5.41, 5.74) is 0.223. The van der Waals surface area contributed by atoms with E-state index in [9.17, 15) is 18.0 Å². The zero-order valence-corrected chi connectivity index (χ0v) is 17.7. The van der Waals surface area contributed by atoms with Gasteiger partial charge in [0.2, 0.25) is 5.91 Å². The van der Waals surface area contributed by atoms with E-state index in [1.165, 1.54) is 30.0 Å². The van der Waals surface area contributed by atoms with Crippen molar-refractivity contribution in [3.05, 3.63) is 48.2 Å². The lowest BCUT2D eigenvalue weighted by Gasteiger charge is -2.14. The van der Waals surface area contributed by atoms with Crippen molar-refractivity contribution in [2.75, 3.05) is 5.75 Å². The van der Waals surface area contributed by atoms with E-state index in [1.54, 1.807) is 24.5 Å². The molecule has 1 aromatic carbocycles. The molecule has 0 fully saturated rings. The summed E-state index contributed by atoms with van der Waals surface area (Å²) in [7, 11) is 0. The second kappa shape index (κ2) is 9.90. The van der Waals surface area contributed by atoms with Gasteiger partial charge in [0.1, 0.15) is 5.75 Å². The Morgan fingerprint density at radius 1 is 1.23 bits per heavy atom. The molecule has 3 rings (SSSR count). The highest BCUT2D eigenvalue weighted by Gasteiger charge is 2.32. The van der Waals surface area contributed by atoms with Crippen LogP contribution in [0.5, 0.6) is 5.75 Å². The zero-order chi connectivity index (χ0) is 22.4. The van der Waals surface area contributed by atoms with E-state index in [-0.39, 0.29) is 29.5 Å². The number of ether oxygens (including phenoxy) is 1. The first-order valence-corrected chi connectivity index (χ1v) is 10.4. The number of furan rings is 1. The Morgan fingerprint density at radius 2 is 2.00 bits per heavy atom. The molecule has 7 nitrogen and oxygen atoms in total. The minimum atomic E-state index is -4.80. The first kappa shape index (κ1) is 22.7. The number of halogens is 3. The topological polar surface area (TPSA) is 82.2 Å². The average Bonchev–Trinajstić information content (AvgIpc) is 3.34. The number of aromatic nitrogens is 3. The average molecular weight is 454 g/mol. The molecule has 3 aromatic rings. The van der Waals surface area contributed by atoms with Crippen LogP contribution in [-0.2, 0) is 17.9 Å². The molecule has 2 aromatic heterocycles. The number of nitrogens with zero attached hydrogens (tertiary/aromatic N) is 3. The third-order valence-corrected chi connectivity index (χ3v) is 4.98. The van der Waals surface area contributed by atoms with E-state index in [1.807, 2.05) is 18.4 Å². The summed E-state index contributed by atoms with van der Waals surface area (Å²) < 4.78 is 48.9. The number of carbonyl (C=O) groups is 1. The van der Waals surface area contributed by atoms with Crippen LogP contribution in [0.2, 0.25) is 0 Å². The maximum absolute atomic E-state index is 12.5. The Hall–Kier alpha value is -2.95. The maximum atomic E-state index is 12.5. The summed E-state index contributed by atoms with van der Waals surface area (Å²) in [6.45, 7) is 4.64. The zero-order valence-electron chi connectivity index (χ0n) is 16.8. The van der Waals surface area contributed by atoms with E-state index >= 15 is 0 Å². The van der Waals surface area contributed by atoms with Crippen molar-refractivity contribution in [1.82, 2.24) is 20.1 Å². The number of amides is 1. The molecule has 31 heavy (non-hydrogen) atoms. The van der Waals surface area contributed by atoms with Gasteiger partial charge in [-0.25, -0.2) is 0 Å². The first-order valence-electron chi connectivity index (χ1n) is 9.43. The minimum absolute atomic E-state index is 0.0245. The van der Waals surface area contributed by atoms with E-state index < -0.39 is 6.36 Å². The summed E-state index contributed by atoms with van der Waals surface area (Å²) in [4.78, 5) is 12.3. The number of hydrogen-bond acceptors (Lipinski definition) is 6. The first-order chi connectivity index (χ1) is 14.7. The number of carbonyl (C=O) groups excluding carboxylic acids is 1. The second-order valence-corrected chi connectivity index (χ2v) is 7.95. The summed E-state index contributed by atoms with van der Waals surface area (Å²) >= 11 is 1.19. The van der Waals surface area contributed by atoms with Gasteiger partial charge in [-0.05, 0) is 24.1 Å². The molecule has 0 aliphatic carbocycles. The van der Waals surface area contributed by atoms with Gasteiger partial charge >= 0.3 is 6.36 Å². The third-order valence-electron chi connectivity index (χ3n) is 4.01. The van der Waals surface area contributed by atoms with Crippen LogP contribution < -0.4 is 10.1 Å². The maximum Gasteiger partial charge on any atom is 0.573 e. The van der Waals surface area contributed by atoms with Gasteiger partial charge in [-0.15, -0.1) is 23.4 Å². The van der Waals surface area contributed by atoms with E-state index in [4.69, 9.17) is 4.42 Å². The van der Waals surface area contributed by atoms with Crippen molar-refractivity contribution in [3.8, 4) is 17.3 Å². The summed E-state index contributed by atoms with van der Waals surface area (Å²) in [5, 5.41) is 11.5. The quantitative estimate of drug-likeness (QED) is 0.480. The highest BCUT2D eigenvalue weighted by molar-refractivity contribution is 7.99. The van der Waals surface area contributed by atoms with Gasteiger partial charge in [0.15, 0.2) is 16.7 Å². The Labute approximate surface area is 181 Å². The molecule has 0 unspecified atom stereocenters. The van der Waals surface area contributed by atoms with Gasteiger partial charge in [0, 0.05) is 18.7 Å². The molecule has 0 aliphatic rings. The van der Waals surface area contributed by atoms with Gasteiger partial charge in [-0.3, -0.25) is 9.36 Å². The Kier molecular flexibility index (Phi) is 7.26. The Morgan fingerprint density at radius 3 is 2.68 bits per heavy atom. The lowest BCUT2D eigenvalue weighted by Crippen LogP contribution is -2.26. The number of hydrogen-bond donors (Lipinski definition) is 1. The number of alkyl halides is 3. The predicted octanol–water partition coefficient (Wildman–Crippen LogP) is 4.50. The fourth-order valence-corrected chi connectivity index (χ4v) is 3.54. The van der Waals surface area contributed by atoms with Crippen molar-refractivity contribution in [2.45, 2.75) is 38.5 Å². The van der Waals surface area contributed by atoms with Crippen LogP contribution in [0.25, 0.3) is 11.6 Å². The molecule has 0 radical (unpaired) electrons. The Balaban J connectivity index is 1.62. The van der Waals surface area contributed by atoms with Gasteiger partial charge in [0.25, 0.3) is 0 Å². The molecule has 2 heterocycles. The molecule has 166 valence electrons. The van der Waals surface area contributed by atoms with Crippen molar-refractivity contribution >= 4 is 17.7 Å². The van der Waals surface area contributed by atoms with Gasteiger partial charge in [-0.2, -0.15) is 0 Å². The number of benzene rings is 1. The minimum Gasteiger partial charge on any atom is -0.461 e. The van der Waals surface area contributed by atoms with Crippen molar-refractivity contribution < 1.29 is 27.1 Å². The largest absolute Gasteiger partial charge is 0.573 e. The standard InChI is InChI=1S/C20H21F3N4O3S/c1-13(2)11-27-18(16-8-5-9-29-16)25-26-19(27)31-12-17(28)24-10-14-6-3-4-7-15(14)30-20(21,22)23/h3-9,13H,10-12H2,1-2H3,(H,24,28).